The summed E-state index contributed by atoms with van der Waals surface area (Å²) in [4.78, 5) is 24.4. The van der Waals surface area contributed by atoms with Crippen LogP contribution in [0.1, 0.15) is 28.4 Å². The SMILES string of the molecule is CCOc1ccc(C(=O)Oc2ccc(/C=N\NC(=O)COc3cccc(C)c3)cc2OC)cc1. The third-order valence-electron chi connectivity index (χ3n) is 4.55. The van der Waals surface area contributed by atoms with Crippen molar-refractivity contribution in [3.8, 4) is 23.0 Å². The number of carbonyl (C=O) groups excluding carboxylic acids is 2. The molecular weight excluding hydrogens is 436 g/mol. The van der Waals surface area contributed by atoms with E-state index in [1.165, 1.54) is 13.3 Å². The van der Waals surface area contributed by atoms with Gasteiger partial charge in [0.15, 0.2) is 18.1 Å². The van der Waals surface area contributed by atoms with Gasteiger partial charge in [-0.3, -0.25) is 4.79 Å². The molecule has 1 amide bonds. The second-order valence-electron chi connectivity index (χ2n) is 7.16. The van der Waals surface area contributed by atoms with E-state index in [1.54, 1.807) is 48.5 Å². The number of nitrogens with zero attached hydrogens (tertiary/aromatic N) is 1. The fraction of sp³-hybridized carbons (Fsp3) is 0.192. The summed E-state index contributed by atoms with van der Waals surface area (Å²) in [6.45, 7) is 4.21. The van der Waals surface area contributed by atoms with E-state index in [4.69, 9.17) is 18.9 Å². The fourth-order valence-electron chi connectivity index (χ4n) is 2.93. The molecule has 0 radical (unpaired) electrons. The fourth-order valence-corrected chi connectivity index (χ4v) is 2.93. The minimum absolute atomic E-state index is 0.162. The van der Waals surface area contributed by atoms with Crippen molar-refractivity contribution >= 4 is 18.1 Å². The van der Waals surface area contributed by atoms with E-state index >= 15 is 0 Å². The Balaban J connectivity index is 1.55. The van der Waals surface area contributed by atoms with Crippen molar-refractivity contribution in [1.82, 2.24) is 5.43 Å². The Morgan fingerprint density at radius 3 is 2.44 bits per heavy atom. The topological polar surface area (TPSA) is 95.5 Å². The van der Waals surface area contributed by atoms with Gasteiger partial charge in [0, 0.05) is 0 Å². The smallest absolute Gasteiger partial charge is 0.343 e. The molecule has 8 heteroatoms. The third kappa shape index (κ3) is 7.09. The van der Waals surface area contributed by atoms with Gasteiger partial charge in [-0.05, 0) is 79.6 Å². The summed E-state index contributed by atoms with van der Waals surface area (Å²) < 4.78 is 21.6. The molecular formula is C26H26N2O6. The van der Waals surface area contributed by atoms with Gasteiger partial charge >= 0.3 is 5.97 Å². The molecule has 3 aromatic carbocycles. The molecule has 0 unspecified atom stereocenters. The van der Waals surface area contributed by atoms with E-state index in [1.807, 2.05) is 32.0 Å². The quantitative estimate of drug-likeness (QED) is 0.211. The summed E-state index contributed by atoms with van der Waals surface area (Å²) in [5.74, 6) is 0.967. The van der Waals surface area contributed by atoms with Crippen LogP contribution in [-0.2, 0) is 4.79 Å². The number of aryl methyl sites for hydroxylation is 1. The highest BCUT2D eigenvalue weighted by Crippen LogP contribution is 2.28. The number of methoxy groups -OCH3 is 1. The number of carbonyl (C=O) groups is 2. The van der Waals surface area contributed by atoms with Gasteiger partial charge in [0.25, 0.3) is 5.91 Å². The molecule has 0 saturated carbocycles. The van der Waals surface area contributed by atoms with Crippen molar-refractivity contribution in [1.29, 1.82) is 0 Å². The number of amides is 1. The van der Waals surface area contributed by atoms with Crippen LogP contribution in [0, 0.1) is 6.92 Å². The van der Waals surface area contributed by atoms with Crippen LogP contribution in [-0.4, -0.2) is 38.4 Å². The number of benzene rings is 3. The zero-order valence-electron chi connectivity index (χ0n) is 19.2. The van der Waals surface area contributed by atoms with Crippen molar-refractivity contribution < 1.29 is 28.5 Å². The lowest BCUT2D eigenvalue weighted by atomic mass is 10.2. The van der Waals surface area contributed by atoms with Crippen LogP contribution >= 0.6 is 0 Å². The number of rotatable bonds is 10. The van der Waals surface area contributed by atoms with Gasteiger partial charge in [0.05, 0.1) is 25.5 Å². The van der Waals surface area contributed by atoms with Crippen LogP contribution in [0.3, 0.4) is 0 Å². The van der Waals surface area contributed by atoms with E-state index in [2.05, 4.69) is 10.5 Å². The molecule has 3 aromatic rings. The Bertz CT molecular complexity index is 1160. The van der Waals surface area contributed by atoms with Gasteiger partial charge in [-0.25, -0.2) is 10.2 Å². The Kier molecular flexibility index (Phi) is 8.62. The zero-order valence-corrected chi connectivity index (χ0v) is 19.2. The zero-order chi connectivity index (χ0) is 24.3. The second-order valence-corrected chi connectivity index (χ2v) is 7.16. The van der Waals surface area contributed by atoms with Crippen LogP contribution in [0.5, 0.6) is 23.0 Å². The molecule has 0 bridgehead atoms. The Hall–Kier alpha value is -4.33. The molecule has 0 aromatic heterocycles. The van der Waals surface area contributed by atoms with Gasteiger partial charge < -0.3 is 18.9 Å². The van der Waals surface area contributed by atoms with Crippen molar-refractivity contribution in [2.45, 2.75) is 13.8 Å². The van der Waals surface area contributed by atoms with Crippen LogP contribution in [0.25, 0.3) is 0 Å². The summed E-state index contributed by atoms with van der Waals surface area (Å²) in [6, 6.07) is 19.0. The first-order valence-corrected chi connectivity index (χ1v) is 10.6. The second kappa shape index (κ2) is 12.1. The van der Waals surface area contributed by atoms with Crippen LogP contribution in [0.2, 0.25) is 0 Å². The van der Waals surface area contributed by atoms with Gasteiger partial charge in [-0.15, -0.1) is 0 Å². The van der Waals surface area contributed by atoms with Gasteiger partial charge in [0.1, 0.15) is 11.5 Å². The van der Waals surface area contributed by atoms with Gasteiger partial charge in [-0.1, -0.05) is 12.1 Å². The average Bonchev–Trinajstić information content (AvgIpc) is 2.84. The predicted octanol–water partition coefficient (Wildman–Crippen LogP) is 4.15. The monoisotopic (exact) mass is 462 g/mol. The maximum Gasteiger partial charge on any atom is 0.343 e. The highest BCUT2D eigenvalue weighted by molar-refractivity contribution is 5.92. The normalized spacial score (nSPS) is 10.6. The molecule has 176 valence electrons. The first kappa shape index (κ1) is 24.3. The highest BCUT2D eigenvalue weighted by Gasteiger charge is 2.13. The first-order valence-electron chi connectivity index (χ1n) is 10.6. The molecule has 0 heterocycles. The van der Waals surface area contributed by atoms with Gasteiger partial charge in [-0.2, -0.15) is 5.10 Å². The molecule has 0 aliphatic heterocycles. The van der Waals surface area contributed by atoms with Crippen molar-refractivity contribution in [3.05, 3.63) is 83.4 Å². The number of esters is 1. The molecule has 3 rings (SSSR count). The summed E-state index contributed by atoms with van der Waals surface area (Å²) in [5, 5.41) is 3.93. The molecule has 8 nitrogen and oxygen atoms in total. The predicted molar refractivity (Wildman–Crippen MR) is 128 cm³/mol. The van der Waals surface area contributed by atoms with E-state index < -0.39 is 11.9 Å². The lowest BCUT2D eigenvalue weighted by Gasteiger charge is -2.10. The maximum atomic E-state index is 12.5. The van der Waals surface area contributed by atoms with E-state index in [0.717, 1.165) is 5.56 Å². The highest BCUT2D eigenvalue weighted by atomic mass is 16.6. The number of hydrogen-bond donors (Lipinski definition) is 1. The average molecular weight is 463 g/mol. The van der Waals surface area contributed by atoms with E-state index in [0.29, 0.717) is 35.0 Å². The molecule has 0 fully saturated rings. The standard InChI is InChI=1S/C26H26N2O6/c1-4-32-21-11-9-20(10-12-21)26(30)34-23-13-8-19(15-24(23)31-3)16-27-28-25(29)17-33-22-7-5-6-18(2)14-22/h5-16H,4,17H2,1-3H3,(H,28,29)/b27-16-. The number of ether oxygens (including phenoxy) is 4. The van der Waals surface area contributed by atoms with Crippen molar-refractivity contribution in [2.75, 3.05) is 20.3 Å². The molecule has 0 atom stereocenters. The third-order valence-corrected chi connectivity index (χ3v) is 4.55. The Labute approximate surface area is 198 Å². The number of nitrogens with one attached hydrogen (secondary N) is 1. The molecule has 0 spiro atoms. The lowest BCUT2D eigenvalue weighted by Crippen LogP contribution is -2.24. The summed E-state index contributed by atoms with van der Waals surface area (Å²) in [7, 11) is 1.47. The van der Waals surface area contributed by atoms with Crippen molar-refractivity contribution in [3.63, 3.8) is 0 Å². The van der Waals surface area contributed by atoms with E-state index in [-0.39, 0.29) is 12.4 Å². The van der Waals surface area contributed by atoms with E-state index in [9.17, 15) is 9.59 Å². The van der Waals surface area contributed by atoms with Gasteiger partial charge in [0.2, 0.25) is 0 Å². The number of hydrogen-bond acceptors (Lipinski definition) is 7. The molecule has 0 aliphatic carbocycles. The first-order chi connectivity index (χ1) is 16.5. The summed E-state index contributed by atoms with van der Waals surface area (Å²) in [6.07, 6.45) is 1.45. The van der Waals surface area contributed by atoms with Crippen molar-refractivity contribution in [2.24, 2.45) is 5.10 Å². The molecule has 0 aliphatic rings. The Morgan fingerprint density at radius 2 is 1.74 bits per heavy atom. The maximum absolute atomic E-state index is 12.5. The number of hydrazone groups is 1. The summed E-state index contributed by atoms with van der Waals surface area (Å²) in [5.41, 5.74) is 4.46. The molecule has 1 N–H and O–H groups in total. The Morgan fingerprint density at radius 1 is 0.941 bits per heavy atom. The van der Waals surface area contributed by atoms with Crippen LogP contribution < -0.4 is 24.4 Å². The lowest BCUT2D eigenvalue weighted by molar-refractivity contribution is -0.123. The largest absolute Gasteiger partial charge is 0.494 e. The minimum atomic E-state index is -0.524. The summed E-state index contributed by atoms with van der Waals surface area (Å²) >= 11 is 0. The van der Waals surface area contributed by atoms with Crippen LogP contribution in [0.15, 0.2) is 71.8 Å². The molecule has 34 heavy (non-hydrogen) atoms. The molecule has 0 saturated heterocycles. The minimum Gasteiger partial charge on any atom is -0.494 e. The van der Waals surface area contributed by atoms with Crippen LogP contribution in [0.4, 0.5) is 0 Å².